The number of thioether (sulfide) groups is 1. The van der Waals surface area contributed by atoms with E-state index >= 15 is 0 Å². The first-order valence-corrected chi connectivity index (χ1v) is 7.43. The van der Waals surface area contributed by atoms with Crippen molar-refractivity contribution in [2.24, 2.45) is 4.99 Å². The SMILES string of the molecule is CCC1CSC(Nc2cc(OC)c(Cl)cc2OC)=N1. The minimum absolute atomic E-state index is 0.396. The van der Waals surface area contributed by atoms with Gasteiger partial charge in [-0.3, -0.25) is 4.99 Å². The fraction of sp³-hybridized carbons (Fsp3) is 0.462. The summed E-state index contributed by atoms with van der Waals surface area (Å²) in [5, 5.41) is 4.71. The average molecular weight is 301 g/mol. The molecule has 104 valence electrons. The summed E-state index contributed by atoms with van der Waals surface area (Å²) in [6.45, 7) is 2.14. The van der Waals surface area contributed by atoms with Crippen molar-refractivity contribution >= 4 is 34.2 Å². The molecule has 1 aliphatic heterocycles. The highest BCUT2D eigenvalue weighted by Crippen LogP contribution is 2.36. The van der Waals surface area contributed by atoms with Crippen molar-refractivity contribution in [1.82, 2.24) is 0 Å². The zero-order chi connectivity index (χ0) is 13.8. The van der Waals surface area contributed by atoms with Crippen molar-refractivity contribution in [3.05, 3.63) is 17.2 Å². The van der Waals surface area contributed by atoms with Crippen LogP contribution in [0.5, 0.6) is 11.5 Å². The topological polar surface area (TPSA) is 42.8 Å². The lowest BCUT2D eigenvalue weighted by molar-refractivity contribution is 0.405. The minimum atomic E-state index is 0.396. The zero-order valence-electron chi connectivity index (χ0n) is 11.2. The number of nitrogens with zero attached hydrogens (tertiary/aromatic N) is 1. The van der Waals surface area contributed by atoms with Crippen LogP contribution in [0.2, 0.25) is 5.02 Å². The quantitative estimate of drug-likeness (QED) is 0.921. The third-order valence-electron chi connectivity index (χ3n) is 2.90. The number of rotatable bonds is 4. The van der Waals surface area contributed by atoms with Gasteiger partial charge in [0.15, 0.2) is 5.17 Å². The van der Waals surface area contributed by atoms with E-state index in [0.29, 0.717) is 22.6 Å². The molecule has 0 amide bonds. The Balaban J connectivity index is 2.24. The van der Waals surface area contributed by atoms with Crippen LogP contribution >= 0.6 is 23.4 Å². The second kappa shape index (κ2) is 6.39. The summed E-state index contributed by atoms with van der Waals surface area (Å²) in [6, 6.07) is 3.96. The van der Waals surface area contributed by atoms with Crippen LogP contribution in [0.4, 0.5) is 5.69 Å². The third kappa shape index (κ3) is 3.28. The first-order valence-electron chi connectivity index (χ1n) is 6.07. The van der Waals surface area contributed by atoms with Crippen molar-refractivity contribution in [3.8, 4) is 11.5 Å². The van der Waals surface area contributed by atoms with E-state index < -0.39 is 0 Å². The smallest absolute Gasteiger partial charge is 0.161 e. The zero-order valence-corrected chi connectivity index (χ0v) is 12.8. The van der Waals surface area contributed by atoms with E-state index in [2.05, 4.69) is 17.2 Å². The molecule has 0 spiro atoms. The van der Waals surface area contributed by atoms with Crippen molar-refractivity contribution in [3.63, 3.8) is 0 Å². The van der Waals surface area contributed by atoms with Crippen molar-refractivity contribution < 1.29 is 9.47 Å². The van der Waals surface area contributed by atoms with Crippen LogP contribution in [-0.2, 0) is 0 Å². The summed E-state index contributed by atoms with van der Waals surface area (Å²) in [5.41, 5.74) is 0.812. The maximum Gasteiger partial charge on any atom is 0.161 e. The summed E-state index contributed by atoms with van der Waals surface area (Å²) < 4.78 is 10.5. The Morgan fingerprint density at radius 1 is 1.37 bits per heavy atom. The van der Waals surface area contributed by atoms with Gasteiger partial charge in [-0.25, -0.2) is 0 Å². The molecule has 1 atom stereocenters. The molecular formula is C13H17ClN2O2S. The Bertz CT molecular complexity index is 494. The normalized spacial score (nSPS) is 18.1. The maximum absolute atomic E-state index is 6.07. The second-order valence-corrected chi connectivity index (χ2v) is 5.54. The van der Waals surface area contributed by atoms with Crippen LogP contribution in [-0.4, -0.2) is 31.2 Å². The van der Waals surface area contributed by atoms with Crippen LogP contribution in [0, 0.1) is 0 Å². The molecule has 0 aliphatic carbocycles. The van der Waals surface area contributed by atoms with Gasteiger partial charge in [0.25, 0.3) is 0 Å². The monoisotopic (exact) mass is 300 g/mol. The average Bonchev–Trinajstić information content (AvgIpc) is 2.88. The standard InChI is InChI=1S/C13H17ClN2O2S/c1-4-8-7-19-13(15-8)16-10-6-11(17-2)9(14)5-12(10)18-3/h5-6,8H,4,7H2,1-3H3,(H,15,16). The first-order chi connectivity index (χ1) is 9.17. The highest BCUT2D eigenvalue weighted by atomic mass is 35.5. The van der Waals surface area contributed by atoms with Gasteiger partial charge in [-0.1, -0.05) is 30.3 Å². The number of amidine groups is 1. The Labute approximate surface area is 122 Å². The van der Waals surface area contributed by atoms with Crippen LogP contribution in [0.15, 0.2) is 17.1 Å². The first kappa shape index (κ1) is 14.3. The number of ether oxygens (including phenoxy) is 2. The van der Waals surface area contributed by atoms with Crippen LogP contribution < -0.4 is 14.8 Å². The number of methoxy groups -OCH3 is 2. The number of anilines is 1. The number of nitrogens with one attached hydrogen (secondary N) is 1. The maximum atomic E-state index is 6.07. The van der Waals surface area contributed by atoms with E-state index in [1.807, 2.05) is 6.07 Å². The van der Waals surface area contributed by atoms with Gasteiger partial charge in [0.2, 0.25) is 0 Å². The molecule has 0 saturated carbocycles. The fourth-order valence-electron chi connectivity index (χ4n) is 1.77. The lowest BCUT2D eigenvalue weighted by Crippen LogP contribution is -2.07. The minimum Gasteiger partial charge on any atom is -0.495 e. The predicted octanol–water partition coefficient (Wildman–Crippen LogP) is 3.65. The Kier molecular flexibility index (Phi) is 4.82. The molecule has 0 radical (unpaired) electrons. The number of halogens is 1. The van der Waals surface area contributed by atoms with E-state index in [1.165, 1.54) is 0 Å². The molecular weight excluding hydrogens is 284 g/mol. The Morgan fingerprint density at radius 3 is 2.68 bits per heavy atom. The molecule has 2 rings (SSSR count). The lowest BCUT2D eigenvalue weighted by atomic mass is 10.2. The van der Waals surface area contributed by atoms with Gasteiger partial charge in [0.05, 0.1) is 31.0 Å². The molecule has 0 saturated heterocycles. The van der Waals surface area contributed by atoms with E-state index in [-0.39, 0.29) is 0 Å². The molecule has 1 N–H and O–H groups in total. The van der Waals surface area contributed by atoms with E-state index in [9.17, 15) is 0 Å². The summed E-state index contributed by atoms with van der Waals surface area (Å²) in [4.78, 5) is 4.59. The number of hydrogen-bond donors (Lipinski definition) is 1. The lowest BCUT2D eigenvalue weighted by Gasteiger charge is -2.13. The van der Waals surface area contributed by atoms with Crippen molar-refractivity contribution in [2.45, 2.75) is 19.4 Å². The van der Waals surface area contributed by atoms with Gasteiger partial charge >= 0.3 is 0 Å². The molecule has 6 heteroatoms. The fourth-order valence-corrected chi connectivity index (χ4v) is 3.06. The molecule has 1 heterocycles. The van der Waals surface area contributed by atoms with E-state index in [4.69, 9.17) is 21.1 Å². The number of hydrogen-bond acceptors (Lipinski definition) is 5. The molecule has 0 aromatic heterocycles. The summed E-state index contributed by atoms with van der Waals surface area (Å²) in [5.74, 6) is 2.31. The van der Waals surface area contributed by atoms with Crippen LogP contribution in [0.3, 0.4) is 0 Å². The molecule has 1 unspecified atom stereocenters. The highest BCUT2D eigenvalue weighted by molar-refractivity contribution is 8.14. The highest BCUT2D eigenvalue weighted by Gasteiger charge is 2.18. The van der Waals surface area contributed by atoms with Gasteiger partial charge in [0, 0.05) is 17.9 Å². The van der Waals surface area contributed by atoms with Crippen molar-refractivity contribution in [2.75, 3.05) is 25.3 Å². The van der Waals surface area contributed by atoms with Crippen LogP contribution in [0.25, 0.3) is 0 Å². The van der Waals surface area contributed by atoms with Gasteiger partial charge in [0.1, 0.15) is 11.5 Å². The predicted molar refractivity (Wildman–Crippen MR) is 82.2 cm³/mol. The molecule has 1 aromatic carbocycles. The number of aliphatic imine (C=N–C) groups is 1. The number of benzene rings is 1. The molecule has 0 fully saturated rings. The van der Waals surface area contributed by atoms with Crippen molar-refractivity contribution in [1.29, 1.82) is 0 Å². The van der Waals surface area contributed by atoms with Gasteiger partial charge < -0.3 is 14.8 Å². The molecule has 1 aliphatic rings. The van der Waals surface area contributed by atoms with E-state index in [1.54, 1.807) is 32.0 Å². The summed E-state index contributed by atoms with van der Waals surface area (Å²) in [6.07, 6.45) is 1.05. The van der Waals surface area contributed by atoms with Crippen LogP contribution in [0.1, 0.15) is 13.3 Å². The molecule has 4 nitrogen and oxygen atoms in total. The Hall–Kier alpha value is -1.07. The molecule has 0 bridgehead atoms. The third-order valence-corrected chi connectivity index (χ3v) is 4.23. The second-order valence-electron chi connectivity index (χ2n) is 4.12. The molecule has 19 heavy (non-hydrogen) atoms. The Morgan fingerprint density at radius 2 is 2.11 bits per heavy atom. The van der Waals surface area contributed by atoms with Gasteiger partial charge in [-0.2, -0.15) is 0 Å². The van der Waals surface area contributed by atoms with Gasteiger partial charge in [-0.15, -0.1) is 0 Å². The largest absolute Gasteiger partial charge is 0.495 e. The summed E-state index contributed by atoms with van der Waals surface area (Å²) >= 11 is 7.79. The molecule has 1 aromatic rings. The van der Waals surface area contributed by atoms with E-state index in [0.717, 1.165) is 23.0 Å². The summed E-state index contributed by atoms with van der Waals surface area (Å²) in [7, 11) is 3.20. The van der Waals surface area contributed by atoms with Gasteiger partial charge in [-0.05, 0) is 6.42 Å².